The molecule has 0 N–H and O–H groups in total. The summed E-state index contributed by atoms with van der Waals surface area (Å²) in [6, 6.07) is 16.5. The van der Waals surface area contributed by atoms with Gasteiger partial charge in [0.25, 0.3) is 5.56 Å². The summed E-state index contributed by atoms with van der Waals surface area (Å²) in [5.41, 5.74) is 2.37. The van der Waals surface area contributed by atoms with Crippen LogP contribution < -0.4 is 19.6 Å². The molecule has 4 rings (SSSR count). The number of allylic oxidation sites excluding steroid dienone is 1. The van der Waals surface area contributed by atoms with Gasteiger partial charge in [0, 0.05) is 5.56 Å². The number of fused-ring (bicyclic) bond motifs is 1. The van der Waals surface area contributed by atoms with Gasteiger partial charge < -0.3 is 9.47 Å². The second-order valence-corrected chi connectivity index (χ2v) is 8.19. The van der Waals surface area contributed by atoms with Crippen LogP contribution in [-0.4, -0.2) is 23.8 Å². The van der Waals surface area contributed by atoms with Crippen molar-refractivity contribution in [1.29, 1.82) is 0 Å². The van der Waals surface area contributed by atoms with Crippen LogP contribution in [0.2, 0.25) is 0 Å². The maximum atomic E-state index is 13.6. The van der Waals surface area contributed by atoms with Gasteiger partial charge in [-0.05, 0) is 38.5 Å². The zero-order valence-corrected chi connectivity index (χ0v) is 19.0. The van der Waals surface area contributed by atoms with Crippen LogP contribution in [0.1, 0.15) is 37.9 Å². The molecule has 164 valence electrons. The third-order valence-corrected chi connectivity index (χ3v) is 6.12. The van der Waals surface area contributed by atoms with E-state index in [2.05, 4.69) is 4.99 Å². The van der Waals surface area contributed by atoms with Crippen molar-refractivity contribution in [2.24, 2.45) is 4.99 Å². The fourth-order valence-corrected chi connectivity index (χ4v) is 4.81. The van der Waals surface area contributed by atoms with E-state index in [9.17, 15) is 9.59 Å². The van der Waals surface area contributed by atoms with Crippen molar-refractivity contribution in [2.45, 2.75) is 26.8 Å². The summed E-state index contributed by atoms with van der Waals surface area (Å²) in [6.45, 7) is 6.24. The Morgan fingerprint density at radius 2 is 1.81 bits per heavy atom. The molecule has 6 nitrogen and oxygen atoms in total. The lowest BCUT2D eigenvalue weighted by Crippen LogP contribution is -2.39. The Morgan fingerprint density at radius 1 is 1.09 bits per heavy atom. The first-order chi connectivity index (χ1) is 15.5. The smallest absolute Gasteiger partial charge is 0.338 e. The number of ether oxygens (including phenoxy) is 2. The Bertz CT molecular complexity index is 1350. The zero-order chi connectivity index (χ0) is 22.7. The molecule has 0 saturated carbocycles. The molecule has 1 aromatic heterocycles. The van der Waals surface area contributed by atoms with E-state index >= 15 is 0 Å². The fourth-order valence-electron chi connectivity index (χ4n) is 3.77. The number of rotatable bonds is 6. The van der Waals surface area contributed by atoms with Gasteiger partial charge >= 0.3 is 5.97 Å². The highest BCUT2D eigenvalue weighted by Crippen LogP contribution is 2.30. The van der Waals surface area contributed by atoms with Crippen molar-refractivity contribution < 1.29 is 14.3 Å². The summed E-state index contributed by atoms with van der Waals surface area (Å²) in [5.74, 6) is 0.252. The van der Waals surface area contributed by atoms with Gasteiger partial charge in [0.15, 0.2) is 4.80 Å². The average molecular weight is 449 g/mol. The summed E-state index contributed by atoms with van der Waals surface area (Å²) < 4.78 is 13.1. The molecule has 3 aromatic rings. The molecule has 32 heavy (non-hydrogen) atoms. The summed E-state index contributed by atoms with van der Waals surface area (Å²) in [6.07, 6.45) is 1.82. The number of nitrogens with zero attached hydrogens (tertiary/aromatic N) is 2. The van der Waals surface area contributed by atoms with E-state index in [1.54, 1.807) is 18.4 Å². The molecule has 0 amide bonds. The first kappa shape index (κ1) is 21.8. The summed E-state index contributed by atoms with van der Waals surface area (Å²) in [7, 11) is 0. The lowest BCUT2D eigenvalue weighted by atomic mass is 9.96. The Balaban J connectivity index is 1.94. The summed E-state index contributed by atoms with van der Waals surface area (Å²) in [4.78, 5) is 31.6. The quantitative estimate of drug-likeness (QED) is 0.543. The number of benzene rings is 2. The van der Waals surface area contributed by atoms with E-state index in [0.29, 0.717) is 33.0 Å². The molecule has 2 aromatic carbocycles. The van der Waals surface area contributed by atoms with Crippen LogP contribution in [0.25, 0.3) is 6.08 Å². The molecule has 0 aliphatic carbocycles. The van der Waals surface area contributed by atoms with Gasteiger partial charge in [0.2, 0.25) is 0 Å². The van der Waals surface area contributed by atoms with Gasteiger partial charge in [-0.15, -0.1) is 0 Å². The molecule has 1 atom stereocenters. The Labute approximate surface area is 189 Å². The molecule has 1 aliphatic rings. The molecule has 0 radical (unpaired) electrons. The van der Waals surface area contributed by atoms with Crippen LogP contribution in [0.3, 0.4) is 0 Å². The van der Waals surface area contributed by atoms with Crippen molar-refractivity contribution in [1.82, 2.24) is 4.57 Å². The van der Waals surface area contributed by atoms with E-state index in [4.69, 9.17) is 9.47 Å². The van der Waals surface area contributed by atoms with E-state index in [1.165, 1.54) is 11.3 Å². The van der Waals surface area contributed by atoms with Crippen molar-refractivity contribution >= 4 is 23.4 Å². The van der Waals surface area contributed by atoms with Crippen molar-refractivity contribution in [3.8, 4) is 5.75 Å². The maximum absolute atomic E-state index is 13.6. The highest BCUT2D eigenvalue weighted by molar-refractivity contribution is 7.07. The van der Waals surface area contributed by atoms with E-state index in [0.717, 1.165) is 11.1 Å². The zero-order valence-electron chi connectivity index (χ0n) is 18.2. The number of para-hydroxylation sites is 1. The summed E-state index contributed by atoms with van der Waals surface area (Å²) in [5, 5.41) is 0. The minimum Gasteiger partial charge on any atom is -0.493 e. The van der Waals surface area contributed by atoms with Crippen LogP contribution in [-0.2, 0) is 9.53 Å². The Hall–Kier alpha value is -3.45. The lowest BCUT2D eigenvalue weighted by molar-refractivity contribution is -0.139. The standard InChI is InChI=1S/C25H24N2O4S/c1-4-30-19-14-10-9-13-18(19)15-20-23(28)27-22(17-11-7-6-8-12-17)21(24(29)31-5-2)16(3)26-25(27)32-20/h6-15,22H,4-5H2,1-3H3/t22-/m0/s1. The molecule has 2 heterocycles. The number of esters is 1. The molecule has 7 heteroatoms. The van der Waals surface area contributed by atoms with Gasteiger partial charge in [-0.1, -0.05) is 59.9 Å². The minimum absolute atomic E-state index is 0.205. The predicted molar refractivity (Wildman–Crippen MR) is 124 cm³/mol. The second kappa shape index (κ2) is 9.36. The Kier molecular flexibility index (Phi) is 6.37. The summed E-state index contributed by atoms with van der Waals surface area (Å²) >= 11 is 1.30. The van der Waals surface area contributed by atoms with E-state index < -0.39 is 12.0 Å². The number of carbonyl (C=O) groups excluding carboxylic acids is 1. The van der Waals surface area contributed by atoms with Crippen molar-refractivity contribution in [3.63, 3.8) is 0 Å². The first-order valence-electron chi connectivity index (χ1n) is 10.5. The second-order valence-electron chi connectivity index (χ2n) is 7.18. The minimum atomic E-state index is -0.601. The van der Waals surface area contributed by atoms with Crippen molar-refractivity contribution in [3.05, 3.63) is 96.7 Å². The molecule has 1 aliphatic heterocycles. The first-order valence-corrected chi connectivity index (χ1v) is 11.3. The number of hydrogen-bond donors (Lipinski definition) is 0. The molecular weight excluding hydrogens is 424 g/mol. The molecule has 0 unspecified atom stereocenters. The van der Waals surface area contributed by atoms with Gasteiger partial charge in [-0.2, -0.15) is 0 Å². The number of carbonyl (C=O) groups is 1. The van der Waals surface area contributed by atoms with E-state index in [-0.39, 0.29) is 12.2 Å². The molecule has 0 saturated heterocycles. The number of thiazole rings is 1. The number of aromatic nitrogens is 1. The molecular formula is C25H24N2O4S. The normalized spacial score (nSPS) is 15.8. The Morgan fingerprint density at radius 3 is 2.53 bits per heavy atom. The largest absolute Gasteiger partial charge is 0.493 e. The highest BCUT2D eigenvalue weighted by Gasteiger charge is 2.33. The third-order valence-electron chi connectivity index (χ3n) is 5.14. The maximum Gasteiger partial charge on any atom is 0.338 e. The predicted octanol–water partition coefficient (Wildman–Crippen LogP) is 3.20. The molecule has 0 fully saturated rings. The number of hydrogen-bond acceptors (Lipinski definition) is 6. The fraction of sp³-hybridized carbons (Fsp3) is 0.240. The lowest BCUT2D eigenvalue weighted by Gasteiger charge is -2.24. The van der Waals surface area contributed by atoms with Crippen LogP contribution in [0.4, 0.5) is 0 Å². The molecule has 0 spiro atoms. The highest BCUT2D eigenvalue weighted by atomic mass is 32.1. The topological polar surface area (TPSA) is 69.9 Å². The van der Waals surface area contributed by atoms with Gasteiger partial charge in [0.1, 0.15) is 5.75 Å². The van der Waals surface area contributed by atoms with Crippen LogP contribution in [0.15, 0.2) is 75.7 Å². The van der Waals surface area contributed by atoms with Gasteiger partial charge in [-0.25, -0.2) is 9.79 Å². The van der Waals surface area contributed by atoms with E-state index in [1.807, 2.05) is 67.6 Å². The molecule has 0 bridgehead atoms. The van der Waals surface area contributed by atoms with Gasteiger partial charge in [0.05, 0.1) is 35.1 Å². The van der Waals surface area contributed by atoms with Crippen LogP contribution in [0, 0.1) is 0 Å². The third kappa shape index (κ3) is 4.03. The van der Waals surface area contributed by atoms with Gasteiger partial charge in [-0.3, -0.25) is 9.36 Å². The monoisotopic (exact) mass is 448 g/mol. The average Bonchev–Trinajstić information content (AvgIpc) is 3.09. The van der Waals surface area contributed by atoms with Crippen LogP contribution in [0.5, 0.6) is 5.75 Å². The van der Waals surface area contributed by atoms with Crippen molar-refractivity contribution in [2.75, 3.05) is 13.2 Å². The van der Waals surface area contributed by atoms with Crippen LogP contribution >= 0.6 is 11.3 Å². The SMILES string of the molecule is CCOC(=O)C1=C(C)N=c2sc(=Cc3ccccc3OCC)c(=O)n2[C@H]1c1ccccc1.